The van der Waals surface area contributed by atoms with E-state index in [1.165, 1.54) is 68.4 Å². The van der Waals surface area contributed by atoms with Gasteiger partial charge >= 0.3 is 19.8 Å². The van der Waals surface area contributed by atoms with E-state index in [1.807, 2.05) is 0 Å². The van der Waals surface area contributed by atoms with Gasteiger partial charge in [-0.2, -0.15) is 0 Å². The summed E-state index contributed by atoms with van der Waals surface area (Å²) in [6.45, 7) is 2.55. The summed E-state index contributed by atoms with van der Waals surface area (Å²) in [7, 11) is -4.91. The Bertz CT molecular complexity index is 1180. The summed E-state index contributed by atoms with van der Waals surface area (Å²) in [6, 6.07) is 16.3. The van der Waals surface area contributed by atoms with Crippen LogP contribution in [0.4, 0.5) is 0 Å². The number of benzene rings is 3. The van der Waals surface area contributed by atoms with Crippen molar-refractivity contribution in [2.75, 3.05) is 0 Å². The Kier molecular flexibility index (Phi) is 7.34. The van der Waals surface area contributed by atoms with Crippen LogP contribution in [0.15, 0.2) is 66.7 Å². The number of phosphoric acid groups is 1. The van der Waals surface area contributed by atoms with Gasteiger partial charge in [0.25, 0.3) is 0 Å². The molecule has 0 aliphatic carbocycles. The zero-order chi connectivity index (χ0) is 24.0. The third kappa shape index (κ3) is 7.65. The molecule has 0 heterocycles. The van der Waals surface area contributed by atoms with Crippen LogP contribution in [0.25, 0.3) is 0 Å². The van der Waals surface area contributed by atoms with E-state index in [0.717, 1.165) is 0 Å². The van der Waals surface area contributed by atoms with E-state index in [2.05, 4.69) is 0 Å². The van der Waals surface area contributed by atoms with E-state index < -0.39 is 19.8 Å². The molecule has 0 aliphatic rings. The Morgan fingerprint density at radius 2 is 1.06 bits per heavy atom. The van der Waals surface area contributed by atoms with E-state index in [9.17, 15) is 23.9 Å². The smallest absolute Gasteiger partial charge is 0.457 e. The molecule has 3 aromatic rings. The van der Waals surface area contributed by atoms with Gasteiger partial charge in [-0.1, -0.05) is 0 Å². The van der Waals surface area contributed by atoms with E-state index in [0.29, 0.717) is 23.0 Å². The van der Waals surface area contributed by atoms with Gasteiger partial charge < -0.3 is 23.5 Å². The second kappa shape index (κ2) is 10.2. The first kappa shape index (κ1) is 23.8. The van der Waals surface area contributed by atoms with Crippen LogP contribution in [0.3, 0.4) is 0 Å². The third-order valence-corrected chi connectivity index (χ3v) is 4.20. The van der Waals surface area contributed by atoms with E-state index in [4.69, 9.17) is 23.5 Å². The second-order valence-corrected chi connectivity index (χ2v) is 7.69. The third-order valence-electron chi connectivity index (χ3n) is 3.77. The predicted octanol–water partition coefficient (Wildman–Crippen LogP) is 4.59. The first-order valence-corrected chi connectivity index (χ1v) is 10.9. The Labute approximate surface area is 188 Å². The normalized spacial score (nSPS) is 10.8. The Morgan fingerprint density at radius 1 is 0.636 bits per heavy atom. The van der Waals surface area contributed by atoms with Crippen LogP contribution in [0.2, 0.25) is 0 Å². The van der Waals surface area contributed by atoms with Crippen molar-refractivity contribution in [3.8, 4) is 40.2 Å². The van der Waals surface area contributed by atoms with Gasteiger partial charge in [-0.3, -0.25) is 19.4 Å². The quantitative estimate of drug-likeness (QED) is 0.271. The van der Waals surface area contributed by atoms with Crippen molar-refractivity contribution in [2.24, 2.45) is 0 Å². The van der Waals surface area contributed by atoms with Gasteiger partial charge in [-0.05, 0) is 60.7 Å². The highest BCUT2D eigenvalue weighted by Gasteiger charge is 2.21. The van der Waals surface area contributed by atoms with Gasteiger partial charge in [0, 0.05) is 19.9 Å². The molecule has 0 atom stereocenters. The highest BCUT2D eigenvalue weighted by Crippen LogP contribution is 2.45. The number of carbonyl (C=O) groups is 2. The van der Waals surface area contributed by atoms with Crippen LogP contribution in [0.1, 0.15) is 13.8 Å². The molecule has 2 N–H and O–H groups in total. The van der Waals surface area contributed by atoms with Crippen LogP contribution < -0.4 is 23.5 Å². The monoisotopic (exact) mass is 474 g/mol. The SMILES string of the molecule is CC(=O)Oc1ccc(Oc2ccc(Oc3ccc(OC(C)=O)cc3)c(OP(=O)(O)O)c2)cc1. The molecule has 0 bridgehead atoms. The van der Waals surface area contributed by atoms with Gasteiger partial charge in [0.2, 0.25) is 0 Å². The molecule has 0 saturated carbocycles. The molecule has 10 nitrogen and oxygen atoms in total. The molecular formula is C22H19O10P. The molecule has 0 spiro atoms. The van der Waals surface area contributed by atoms with Gasteiger partial charge in [-0.15, -0.1) is 0 Å². The van der Waals surface area contributed by atoms with E-state index >= 15 is 0 Å². The fraction of sp³-hybridized carbons (Fsp3) is 0.0909. The topological polar surface area (TPSA) is 138 Å². The molecule has 33 heavy (non-hydrogen) atoms. The lowest BCUT2D eigenvalue weighted by Crippen LogP contribution is -2.01. The number of phosphoric ester groups is 1. The van der Waals surface area contributed by atoms with Crippen molar-refractivity contribution in [1.29, 1.82) is 0 Å². The van der Waals surface area contributed by atoms with Crippen molar-refractivity contribution in [3.63, 3.8) is 0 Å². The maximum atomic E-state index is 11.4. The lowest BCUT2D eigenvalue weighted by Gasteiger charge is -2.15. The van der Waals surface area contributed by atoms with Gasteiger partial charge in [0.05, 0.1) is 0 Å². The molecule has 0 unspecified atom stereocenters. The number of carbonyl (C=O) groups excluding carboxylic acids is 2. The highest BCUT2D eigenvalue weighted by atomic mass is 31.2. The standard InChI is InChI=1S/C22H19O10P/c1-14(23)28-16-3-7-18(8-4-16)30-20-11-12-21(22(13-20)32-33(25,26)27)31-19-9-5-17(6-10-19)29-15(2)24/h3-13H,1-2H3,(H2,25,26,27). The number of ether oxygens (including phenoxy) is 4. The first-order chi connectivity index (χ1) is 15.6. The fourth-order valence-electron chi connectivity index (χ4n) is 2.58. The molecule has 0 amide bonds. The lowest BCUT2D eigenvalue weighted by molar-refractivity contribution is -0.132. The van der Waals surface area contributed by atoms with Gasteiger partial charge in [0.1, 0.15) is 28.7 Å². The summed E-state index contributed by atoms with van der Waals surface area (Å²) in [6.07, 6.45) is 0. The molecule has 0 aromatic heterocycles. The summed E-state index contributed by atoms with van der Waals surface area (Å²) < 4.78 is 37.4. The number of esters is 2. The predicted molar refractivity (Wildman–Crippen MR) is 115 cm³/mol. The van der Waals surface area contributed by atoms with Crippen molar-refractivity contribution >= 4 is 19.8 Å². The van der Waals surface area contributed by atoms with Gasteiger partial charge in [0.15, 0.2) is 11.5 Å². The summed E-state index contributed by atoms with van der Waals surface area (Å²) >= 11 is 0. The highest BCUT2D eigenvalue weighted by molar-refractivity contribution is 7.46. The number of hydrogen-bond donors (Lipinski definition) is 2. The molecule has 0 saturated heterocycles. The number of hydrogen-bond acceptors (Lipinski definition) is 8. The van der Waals surface area contributed by atoms with Gasteiger partial charge in [-0.25, -0.2) is 4.57 Å². The minimum absolute atomic E-state index is 0.0103. The molecule has 0 aliphatic heterocycles. The van der Waals surface area contributed by atoms with Crippen molar-refractivity contribution in [1.82, 2.24) is 0 Å². The second-order valence-electron chi connectivity index (χ2n) is 6.52. The van der Waals surface area contributed by atoms with Crippen LogP contribution in [-0.4, -0.2) is 21.7 Å². The van der Waals surface area contributed by atoms with E-state index in [-0.39, 0.29) is 17.2 Å². The van der Waals surface area contributed by atoms with Crippen molar-refractivity contribution in [2.45, 2.75) is 13.8 Å². The summed E-state index contributed by atoms with van der Waals surface area (Å²) in [4.78, 5) is 40.5. The first-order valence-electron chi connectivity index (χ1n) is 9.39. The Hall–Kier alpha value is -3.85. The fourth-order valence-corrected chi connectivity index (χ4v) is 2.98. The molecule has 0 fully saturated rings. The van der Waals surface area contributed by atoms with Crippen LogP contribution in [0.5, 0.6) is 40.2 Å². The molecule has 3 rings (SSSR count). The zero-order valence-corrected chi connectivity index (χ0v) is 18.4. The molecule has 11 heteroatoms. The van der Waals surface area contributed by atoms with Crippen LogP contribution >= 0.6 is 7.82 Å². The largest absolute Gasteiger partial charge is 0.524 e. The minimum Gasteiger partial charge on any atom is -0.457 e. The lowest BCUT2D eigenvalue weighted by atomic mass is 10.2. The van der Waals surface area contributed by atoms with E-state index in [1.54, 1.807) is 12.1 Å². The molecule has 0 radical (unpaired) electrons. The summed E-state index contributed by atoms with van der Waals surface area (Å²) in [5.41, 5.74) is 0. The summed E-state index contributed by atoms with van der Waals surface area (Å²) in [5.74, 6) is 0.346. The Morgan fingerprint density at radius 3 is 1.52 bits per heavy atom. The molecule has 172 valence electrons. The maximum Gasteiger partial charge on any atom is 0.524 e. The van der Waals surface area contributed by atoms with Crippen molar-refractivity contribution < 1.29 is 47.4 Å². The maximum absolute atomic E-state index is 11.4. The molecule has 3 aromatic carbocycles. The average molecular weight is 474 g/mol. The van der Waals surface area contributed by atoms with Crippen LogP contribution in [-0.2, 0) is 14.2 Å². The number of rotatable bonds is 8. The Balaban J connectivity index is 1.80. The zero-order valence-electron chi connectivity index (χ0n) is 17.5. The minimum atomic E-state index is -4.91. The summed E-state index contributed by atoms with van der Waals surface area (Å²) in [5, 5.41) is 0. The van der Waals surface area contributed by atoms with Crippen LogP contribution in [0, 0.1) is 0 Å². The van der Waals surface area contributed by atoms with Crippen molar-refractivity contribution in [3.05, 3.63) is 66.7 Å². The average Bonchev–Trinajstić information content (AvgIpc) is 2.71. The molecular weight excluding hydrogens is 455 g/mol.